The Bertz CT molecular complexity index is 629. The molecule has 4 nitrogen and oxygen atoms in total. The molecule has 0 amide bonds. The molecule has 2 aromatic rings. The average molecular weight is 238 g/mol. The van der Waals surface area contributed by atoms with E-state index in [1.165, 1.54) is 5.56 Å². The fourth-order valence-corrected chi connectivity index (χ4v) is 2.66. The molecule has 90 valence electrons. The second-order valence-electron chi connectivity index (χ2n) is 4.63. The van der Waals surface area contributed by atoms with Gasteiger partial charge in [0.1, 0.15) is 5.82 Å². The molecule has 1 aliphatic heterocycles. The molecule has 0 spiro atoms. The van der Waals surface area contributed by atoms with E-state index in [9.17, 15) is 0 Å². The Balaban J connectivity index is 2.06. The molecule has 1 fully saturated rings. The number of nitrogen functional groups attached to an aromatic ring is 1. The summed E-state index contributed by atoms with van der Waals surface area (Å²) in [7, 11) is 0. The van der Waals surface area contributed by atoms with Crippen molar-refractivity contribution in [3.63, 3.8) is 0 Å². The Morgan fingerprint density at radius 3 is 3.11 bits per heavy atom. The van der Waals surface area contributed by atoms with E-state index in [1.54, 1.807) is 6.20 Å². The maximum atomic E-state index is 9.10. The fraction of sp³-hybridized carbons (Fsp3) is 0.286. The molecule has 2 N–H and O–H groups in total. The maximum absolute atomic E-state index is 9.10. The summed E-state index contributed by atoms with van der Waals surface area (Å²) in [6, 6.07) is 8.35. The molecule has 4 heteroatoms. The van der Waals surface area contributed by atoms with Gasteiger partial charge in [0.2, 0.25) is 0 Å². The molecule has 1 saturated heterocycles. The van der Waals surface area contributed by atoms with Crippen LogP contribution in [0.1, 0.15) is 24.4 Å². The number of hydrogen-bond acceptors (Lipinski definition) is 4. The summed E-state index contributed by atoms with van der Waals surface area (Å²) in [5, 5.41) is 11.2. The third kappa shape index (κ3) is 1.65. The Hall–Kier alpha value is -2.28. The predicted octanol–water partition coefficient (Wildman–Crippen LogP) is 2.43. The number of aromatic nitrogens is 1. The highest BCUT2D eigenvalue weighted by molar-refractivity contribution is 5.91. The largest absolute Gasteiger partial charge is 0.383 e. The SMILES string of the molecule is N#CN1CCC[C@@H]1c1ccc2c(N)nccc2c1. The molecule has 0 bridgehead atoms. The summed E-state index contributed by atoms with van der Waals surface area (Å²) < 4.78 is 0. The number of nitriles is 1. The summed E-state index contributed by atoms with van der Waals surface area (Å²) in [5.41, 5.74) is 7.03. The number of nitrogens with zero attached hydrogens (tertiary/aromatic N) is 3. The lowest BCUT2D eigenvalue weighted by Crippen LogP contribution is -2.16. The number of fused-ring (bicyclic) bond motifs is 1. The zero-order valence-electron chi connectivity index (χ0n) is 10.0. The Morgan fingerprint density at radius 1 is 1.39 bits per heavy atom. The lowest BCUT2D eigenvalue weighted by molar-refractivity contribution is 0.374. The number of rotatable bonds is 1. The quantitative estimate of drug-likeness (QED) is 0.775. The monoisotopic (exact) mass is 238 g/mol. The van der Waals surface area contributed by atoms with Crippen molar-refractivity contribution in [1.29, 1.82) is 5.26 Å². The molecular formula is C14H14N4. The number of nitrogens with two attached hydrogens (primary N) is 1. The molecule has 0 saturated carbocycles. The van der Waals surface area contributed by atoms with Gasteiger partial charge in [0.15, 0.2) is 6.19 Å². The van der Waals surface area contributed by atoms with Crippen molar-refractivity contribution < 1.29 is 0 Å². The Labute approximate surface area is 106 Å². The van der Waals surface area contributed by atoms with Gasteiger partial charge in [-0.15, -0.1) is 0 Å². The van der Waals surface area contributed by atoms with Crippen molar-refractivity contribution in [2.24, 2.45) is 0 Å². The van der Waals surface area contributed by atoms with Crippen molar-refractivity contribution in [3.05, 3.63) is 36.0 Å². The van der Waals surface area contributed by atoms with Crippen molar-refractivity contribution in [2.75, 3.05) is 12.3 Å². The Morgan fingerprint density at radius 2 is 2.28 bits per heavy atom. The minimum Gasteiger partial charge on any atom is -0.383 e. The minimum atomic E-state index is 0.216. The van der Waals surface area contributed by atoms with Crippen LogP contribution in [0.3, 0.4) is 0 Å². The molecule has 1 aromatic carbocycles. The third-order valence-electron chi connectivity index (χ3n) is 3.59. The first-order chi connectivity index (χ1) is 8.79. The molecule has 1 aromatic heterocycles. The van der Waals surface area contributed by atoms with Crippen LogP contribution in [0.4, 0.5) is 5.82 Å². The highest BCUT2D eigenvalue weighted by Gasteiger charge is 2.24. The highest BCUT2D eigenvalue weighted by atomic mass is 15.2. The average Bonchev–Trinajstić information content (AvgIpc) is 2.87. The van der Waals surface area contributed by atoms with Gasteiger partial charge >= 0.3 is 0 Å². The molecule has 1 aliphatic rings. The second-order valence-corrected chi connectivity index (χ2v) is 4.63. The van der Waals surface area contributed by atoms with Gasteiger partial charge < -0.3 is 10.6 Å². The van der Waals surface area contributed by atoms with E-state index in [0.717, 1.165) is 30.2 Å². The molecule has 0 unspecified atom stereocenters. The topological polar surface area (TPSA) is 65.9 Å². The van der Waals surface area contributed by atoms with Crippen LogP contribution in [0.15, 0.2) is 30.5 Å². The molecule has 0 aliphatic carbocycles. The van der Waals surface area contributed by atoms with Gasteiger partial charge in [-0.2, -0.15) is 5.26 Å². The smallest absolute Gasteiger partial charge is 0.179 e. The number of pyridine rings is 1. The number of anilines is 1. The van der Waals surface area contributed by atoms with E-state index in [0.29, 0.717) is 5.82 Å². The minimum absolute atomic E-state index is 0.216. The van der Waals surface area contributed by atoms with Crippen LogP contribution in [0.2, 0.25) is 0 Å². The first-order valence-electron chi connectivity index (χ1n) is 6.10. The third-order valence-corrected chi connectivity index (χ3v) is 3.59. The molecule has 1 atom stereocenters. The van der Waals surface area contributed by atoms with Gasteiger partial charge in [-0.05, 0) is 35.9 Å². The summed E-state index contributed by atoms with van der Waals surface area (Å²) in [4.78, 5) is 5.93. The van der Waals surface area contributed by atoms with Gasteiger partial charge in [-0.3, -0.25) is 0 Å². The van der Waals surface area contributed by atoms with Gasteiger partial charge in [0.25, 0.3) is 0 Å². The van der Waals surface area contributed by atoms with Crippen LogP contribution in [0, 0.1) is 11.5 Å². The van der Waals surface area contributed by atoms with Crippen molar-refractivity contribution in [2.45, 2.75) is 18.9 Å². The van der Waals surface area contributed by atoms with E-state index in [-0.39, 0.29) is 6.04 Å². The number of hydrogen-bond donors (Lipinski definition) is 1. The van der Waals surface area contributed by atoms with Gasteiger partial charge in [-0.1, -0.05) is 12.1 Å². The van der Waals surface area contributed by atoms with Gasteiger partial charge in [0, 0.05) is 18.1 Å². The zero-order chi connectivity index (χ0) is 12.5. The standard InChI is InChI=1S/C14H14N4/c15-9-18-7-1-2-13(18)11-3-4-12-10(8-11)5-6-17-14(12)16/h3-6,8,13H,1-2,7H2,(H2,16,17)/t13-/m1/s1. The first kappa shape index (κ1) is 10.8. The van der Waals surface area contributed by atoms with E-state index < -0.39 is 0 Å². The second kappa shape index (κ2) is 4.19. The van der Waals surface area contributed by atoms with E-state index in [2.05, 4.69) is 23.3 Å². The summed E-state index contributed by atoms with van der Waals surface area (Å²) in [6.45, 7) is 0.859. The van der Waals surface area contributed by atoms with Crippen LogP contribution in [0.25, 0.3) is 10.8 Å². The van der Waals surface area contributed by atoms with Crippen LogP contribution in [0.5, 0.6) is 0 Å². The van der Waals surface area contributed by atoms with Gasteiger partial charge in [0.05, 0.1) is 6.04 Å². The predicted molar refractivity (Wildman–Crippen MR) is 70.4 cm³/mol. The first-order valence-corrected chi connectivity index (χ1v) is 6.10. The van der Waals surface area contributed by atoms with E-state index in [4.69, 9.17) is 11.0 Å². The summed E-state index contributed by atoms with van der Waals surface area (Å²) in [5.74, 6) is 0.558. The van der Waals surface area contributed by atoms with Gasteiger partial charge in [-0.25, -0.2) is 4.98 Å². The zero-order valence-corrected chi connectivity index (χ0v) is 10.0. The number of benzene rings is 1. The summed E-state index contributed by atoms with van der Waals surface area (Å²) in [6.07, 6.45) is 6.11. The van der Waals surface area contributed by atoms with Crippen molar-refractivity contribution in [1.82, 2.24) is 9.88 Å². The molecule has 3 rings (SSSR count). The molecule has 0 radical (unpaired) electrons. The Kier molecular flexibility index (Phi) is 2.52. The molecule has 2 heterocycles. The van der Waals surface area contributed by atoms with Crippen LogP contribution >= 0.6 is 0 Å². The summed E-state index contributed by atoms with van der Waals surface area (Å²) >= 11 is 0. The number of likely N-dealkylation sites (tertiary alicyclic amines) is 1. The van der Waals surface area contributed by atoms with E-state index in [1.807, 2.05) is 17.0 Å². The highest BCUT2D eigenvalue weighted by Crippen LogP contribution is 2.33. The van der Waals surface area contributed by atoms with Crippen LogP contribution < -0.4 is 5.73 Å². The van der Waals surface area contributed by atoms with Crippen LogP contribution in [-0.2, 0) is 0 Å². The molecular weight excluding hydrogens is 224 g/mol. The van der Waals surface area contributed by atoms with Crippen molar-refractivity contribution in [3.8, 4) is 6.19 Å². The van der Waals surface area contributed by atoms with Crippen LogP contribution in [-0.4, -0.2) is 16.4 Å². The fourth-order valence-electron chi connectivity index (χ4n) is 2.66. The van der Waals surface area contributed by atoms with Crippen molar-refractivity contribution >= 4 is 16.6 Å². The lowest BCUT2D eigenvalue weighted by Gasteiger charge is -2.19. The lowest BCUT2D eigenvalue weighted by atomic mass is 10.0. The maximum Gasteiger partial charge on any atom is 0.179 e. The normalized spacial score (nSPS) is 19.1. The molecule has 18 heavy (non-hydrogen) atoms. The van der Waals surface area contributed by atoms with E-state index >= 15 is 0 Å².